The average Bonchev–Trinajstić information content (AvgIpc) is 2.83. The van der Waals surface area contributed by atoms with Crippen molar-refractivity contribution >= 4 is 10.0 Å². The number of sulfonamides is 1. The van der Waals surface area contributed by atoms with Crippen LogP contribution in [0.3, 0.4) is 0 Å². The summed E-state index contributed by atoms with van der Waals surface area (Å²) in [6.45, 7) is 6.85. The number of aliphatic hydroxyl groups is 1. The van der Waals surface area contributed by atoms with E-state index in [1.54, 1.807) is 12.3 Å². The maximum Gasteiger partial charge on any atom is 0.244 e. The van der Waals surface area contributed by atoms with E-state index in [-0.39, 0.29) is 24.6 Å². The fourth-order valence-electron chi connectivity index (χ4n) is 2.00. The van der Waals surface area contributed by atoms with Gasteiger partial charge in [0.25, 0.3) is 0 Å². The first-order chi connectivity index (χ1) is 9.51. The highest BCUT2D eigenvalue weighted by atomic mass is 32.2. The van der Waals surface area contributed by atoms with Gasteiger partial charge in [0, 0.05) is 38.1 Å². The van der Waals surface area contributed by atoms with Crippen molar-refractivity contribution in [3.8, 4) is 0 Å². The van der Waals surface area contributed by atoms with Crippen LogP contribution in [0.15, 0.2) is 29.8 Å². The van der Waals surface area contributed by atoms with E-state index in [0.29, 0.717) is 13.1 Å². The fourth-order valence-corrected chi connectivity index (χ4v) is 3.47. The summed E-state index contributed by atoms with van der Waals surface area (Å²) in [5, 5.41) is 12.0. The van der Waals surface area contributed by atoms with Gasteiger partial charge < -0.3 is 15.0 Å². The number of hydrogen-bond acceptors (Lipinski definition) is 4. The lowest BCUT2D eigenvalue weighted by Crippen LogP contribution is -2.33. The van der Waals surface area contributed by atoms with Gasteiger partial charge in [0.05, 0.1) is 6.61 Å². The molecule has 1 aromatic heterocycles. The Morgan fingerprint density at radius 3 is 2.75 bits per heavy atom. The molecular formula is C13H23N3O3S. The van der Waals surface area contributed by atoms with Crippen LogP contribution in [0.25, 0.3) is 0 Å². The van der Waals surface area contributed by atoms with Crippen LogP contribution in [0.1, 0.15) is 12.6 Å². The smallest absolute Gasteiger partial charge is 0.244 e. The van der Waals surface area contributed by atoms with E-state index in [0.717, 1.165) is 5.69 Å². The molecule has 2 N–H and O–H groups in total. The summed E-state index contributed by atoms with van der Waals surface area (Å²) in [7, 11) is -1.79. The van der Waals surface area contributed by atoms with Crippen molar-refractivity contribution < 1.29 is 13.5 Å². The molecule has 0 saturated heterocycles. The molecule has 1 heterocycles. The Labute approximate surface area is 120 Å². The number of nitrogens with zero attached hydrogens (tertiary/aromatic N) is 2. The van der Waals surface area contributed by atoms with Crippen molar-refractivity contribution in [2.24, 2.45) is 0 Å². The maximum absolute atomic E-state index is 12.5. The van der Waals surface area contributed by atoms with Crippen LogP contribution in [0.2, 0.25) is 0 Å². The van der Waals surface area contributed by atoms with Gasteiger partial charge in [-0.25, -0.2) is 8.42 Å². The largest absolute Gasteiger partial charge is 0.395 e. The van der Waals surface area contributed by atoms with E-state index >= 15 is 0 Å². The first-order valence-electron chi connectivity index (χ1n) is 6.56. The molecule has 0 aliphatic heterocycles. The van der Waals surface area contributed by atoms with Crippen LogP contribution in [0.5, 0.6) is 0 Å². The van der Waals surface area contributed by atoms with Crippen molar-refractivity contribution in [2.75, 3.05) is 26.7 Å². The summed E-state index contributed by atoms with van der Waals surface area (Å²) in [5.74, 6) is 0. The third kappa shape index (κ3) is 3.69. The Hall–Kier alpha value is -1.15. The summed E-state index contributed by atoms with van der Waals surface area (Å²) >= 11 is 0. The molecule has 0 aliphatic rings. The predicted octanol–water partition coefficient (Wildman–Crippen LogP) is 0.396. The molecule has 0 bridgehead atoms. The summed E-state index contributed by atoms with van der Waals surface area (Å²) in [5.41, 5.74) is 0.913. The van der Waals surface area contributed by atoms with Crippen LogP contribution in [-0.4, -0.2) is 49.1 Å². The third-order valence-corrected chi connectivity index (χ3v) is 4.81. The van der Waals surface area contributed by atoms with Crippen LogP contribution in [0.4, 0.5) is 0 Å². The van der Waals surface area contributed by atoms with Gasteiger partial charge in [0.1, 0.15) is 4.90 Å². The molecule has 114 valence electrons. The van der Waals surface area contributed by atoms with Gasteiger partial charge in [0.2, 0.25) is 10.0 Å². The Morgan fingerprint density at radius 2 is 2.25 bits per heavy atom. The molecule has 0 fully saturated rings. The first-order valence-corrected chi connectivity index (χ1v) is 8.00. The second-order valence-corrected chi connectivity index (χ2v) is 6.30. The monoisotopic (exact) mass is 301 g/mol. The molecule has 1 aromatic rings. The molecule has 0 aliphatic carbocycles. The molecule has 6 nitrogen and oxygen atoms in total. The Kier molecular flexibility index (Phi) is 6.41. The summed E-state index contributed by atoms with van der Waals surface area (Å²) in [6, 6.07) is 1.67. The zero-order chi connectivity index (χ0) is 15.2. The Morgan fingerprint density at radius 1 is 1.55 bits per heavy atom. The second kappa shape index (κ2) is 7.58. The van der Waals surface area contributed by atoms with E-state index in [4.69, 9.17) is 5.11 Å². The number of hydrogen-bond donors (Lipinski definition) is 2. The highest BCUT2D eigenvalue weighted by Gasteiger charge is 2.25. The van der Waals surface area contributed by atoms with Crippen LogP contribution in [-0.2, 0) is 23.1 Å². The minimum absolute atomic E-state index is 0.0625. The van der Waals surface area contributed by atoms with E-state index in [2.05, 4.69) is 11.9 Å². The van der Waals surface area contributed by atoms with E-state index < -0.39 is 10.0 Å². The predicted molar refractivity (Wildman–Crippen MR) is 78.9 cm³/mol. The van der Waals surface area contributed by atoms with Crippen molar-refractivity contribution in [3.63, 3.8) is 0 Å². The van der Waals surface area contributed by atoms with Crippen molar-refractivity contribution in [3.05, 3.63) is 30.6 Å². The molecule has 0 unspecified atom stereocenters. The van der Waals surface area contributed by atoms with Gasteiger partial charge in [-0.05, 0) is 20.0 Å². The molecular weight excluding hydrogens is 278 g/mol. The van der Waals surface area contributed by atoms with Gasteiger partial charge in [0.15, 0.2) is 0 Å². The topological polar surface area (TPSA) is 74.6 Å². The Balaban J connectivity index is 3.15. The number of aromatic nitrogens is 1. The third-order valence-electron chi connectivity index (χ3n) is 2.98. The fraction of sp³-hybridized carbons (Fsp3) is 0.538. The quantitative estimate of drug-likeness (QED) is 0.647. The van der Waals surface area contributed by atoms with E-state index in [1.807, 2.05) is 18.5 Å². The molecule has 0 spiro atoms. The number of aliphatic hydroxyl groups excluding tert-OH is 1. The van der Waals surface area contributed by atoms with Crippen molar-refractivity contribution in [1.82, 2.24) is 14.2 Å². The Bertz CT molecular complexity index is 537. The zero-order valence-corrected chi connectivity index (χ0v) is 12.9. The lowest BCUT2D eigenvalue weighted by Gasteiger charge is -2.18. The van der Waals surface area contributed by atoms with Crippen LogP contribution < -0.4 is 5.32 Å². The average molecular weight is 301 g/mol. The van der Waals surface area contributed by atoms with Crippen LogP contribution >= 0.6 is 0 Å². The molecule has 0 saturated carbocycles. The maximum atomic E-state index is 12.5. The standard InChI is InChI=1S/C13H23N3O3S/c1-4-6-16(7-8-17)20(18,19)13-9-12(10-14-3)15(5-2)11-13/h4,9,11,14,17H,1,5-8,10H2,2-3H3. The van der Waals surface area contributed by atoms with E-state index in [1.165, 1.54) is 10.4 Å². The summed E-state index contributed by atoms with van der Waals surface area (Å²) < 4.78 is 28.2. The molecule has 0 aromatic carbocycles. The normalized spacial score (nSPS) is 12.0. The minimum Gasteiger partial charge on any atom is -0.395 e. The van der Waals surface area contributed by atoms with Crippen molar-refractivity contribution in [1.29, 1.82) is 0 Å². The summed E-state index contributed by atoms with van der Waals surface area (Å²) in [6.07, 6.45) is 3.15. The van der Waals surface area contributed by atoms with Crippen LogP contribution in [0, 0.1) is 0 Å². The second-order valence-electron chi connectivity index (χ2n) is 4.36. The summed E-state index contributed by atoms with van der Waals surface area (Å²) in [4.78, 5) is 0.250. The molecule has 0 amide bonds. The highest BCUT2D eigenvalue weighted by Crippen LogP contribution is 2.19. The molecule has 1 rings (SSSR count). The number of nitrogens with one attached hydrogen (secondary N) is 1. The number of aryl methyl sites for hydroxylation is 1. The van der Waals surface area contributed by atoms with Gasteiger partial charge in [-0.1, -0.05) is 6.08 Å². The highest BCUT2D eigenvalue weighted by molar-refractivity contribution is 7.89. The minimum atomic E-state index is -3.60. The van der Waals surface area contributed by atoms with Gasteiger partial charge >= 0.3 is 0 Å². The SMILES string of the molecule is C=CCN(CCO)S(=O)(=O)c1cc(CNC)n(CC)c1. The molecule has 0 radical (unpaired) electrons. The van der Waals surface area contributed by atoms with Gasteiger partial charge in [-0.3, -0.25) is 0 Å². The zero-order valence-electron chi connectivity index (χ0n) is 12.0. The lowest BCUT2D eigenvalue weighted by molar-refractivity contribution is 0.260. The first kappa shape index (κ1) is 16.9. The number of rotatable bonds is 9. The molecule has 7 heteroatoms. The lowest BCUT2D eigenvalue weighted by atomic mass is 10.4. The van der Waals surface area contributed by atoms with E-state index in [9.17, 15) is 8.42 Å². The molecule has 20 heavy (non-hydrogen) atoms. The molecule has 0 atom stereocenters. The van der Waals surface area contributed by atoms with Gasteiger partial charge in [-0.2, -0.15) is 4.31 Å². The van der Waals surface area contributed by atoms with Gasteiger partial charge in [-0.15, -0.1) is 6.58 Å². The van der Waals surface area contributed by atoms with Crippen molar-refractivity contribution in [2.45, 2.75) is 24.9 Å².